The van der Waals surface area contributed by atoms with E-state index in [2.05, 4.69) is 15.6 Å². The summed E-state index contributed by atoms with van der Waals surface area (Å²) in [6.45, 7) is 0.267. The Kier molecular flexibility index (Phi) is 7.49. The monoisotopic (exact) mass is 395 g/mol. The van der Waals surface area contributed by atoms with Crippen molar-refractivity contribution in [2.45, 2.75) is 31.1 Å². The van der Waals surface area contributed by atoms with E-state index in [9.17, 15) is 14.7 Å². The van der Waals surface area contributed by atoms with Crippen LogP contribution >= 0.6 is 0 Å². The highest BCUT2D eigenvalue weighted by atomic mass is 16.5. The highest BCUT2D eigenvalue weighted by molar-refractivity contribution is 5.94. The summed E-state index contributed by atoms with van der Waals surface area (Å²) in [6.07, 6.45) is 6.80. The van der Waals surface area contributed by atoms with Gasteiger partial charge in [-0.1, -0.05) is 30.4 Å². The Morgan fingerprint density at radius 1 is 1.07 bits per heavy atom. The Bertz CT molecular complexity index is 826. The molecule has 0 spiro atoms. The maximum atomic E-state index is 12.3. The molecule has 7 heteroatoms. The number of carbonyl (C=O) groups is 2. The van der Waals surface area contributed by atoms with E-state index in [1.54, 1.807) is 48.8 Å². The Labute approximate surface area is 169 Å². The van der Waals surface area contributed by atoms with Gasteiger partial charge in [0.05, 0.1) is 25.2 Å². The maximum Gasteiger partial charge on any atom is 0.251 e. The van der Waals surface area contributed by atoms with E-state index >= 15 is 0 Å². The Hall–Kier alpha value is -3.03. The van der Waals surface area contributed by atoms with Gasteiger partial charge in [-0.2, -0.15) is 0 Å². The lowest BCUT2D eigenvalue weighted by Crippen LogP contribution is -2.49. The molecule has 2 aromatic rings. The topological polar surface area (TPSA) is 101 Å². The number of ether oxygens (including phenoxy) is 1. The van der Waals surface area contributed by atoms with Gasteiger partial charge in [-0.25, -0.2) is 0 Å². The average molecular weight is 395 g/mol. The molecular formula is C22H25N3O4. The number of nitrogens with one attached hydrogen (secondary N) is 2. The number of pyridine rings is 1. The van der Waals surface area contributed by atoms with Gasteiger partial charge >= 0.3 is 0 Å². The van der Waals surface area contributed by atoms with Crippen LogP contribution in [-0.2, 0) is 16.0 Å². The summed E-state index contributed by atoms with van der Waals surface area (Å²) < 4.78 is 5.80. The van der Waals surface area contributed by atoms with Crippen molar-refractivity contribution >= 4 is 11.8 Å². The third kappa shape index (κ3) is 6.23. The van der Waals surface area contributed by atoms with Crippen LogP contribution < -0.4 is 10.6 Å². The van der Waals surface area contributed by atoms with Gasteiger partial charge in [0.15, 0.2) is 0 Å². The molecule has 2 amide bonds. The SMILES string of the molecule is O=C(C[C@H]1C=C[C@H](NC(=O)c2ccccc2)[C@H](CO)O1)NCCc1ccncc1. The van der Waals surface area contributed by atoms with Crippen molar-refractivity contribution in [3.63, 3.8) is 0 Å². The third-order valence-electron chi connectivity index (χ3n) is 4.67. The molecule has 0 fully saturated rings. The molecule has 7 nitrogen and oxygen atoms in total. The second kappa shape index (κ2) is 10.5. The minimum Gasteiger partial charge on any atom is -0.394 e. The van der Waals surface area contributed by atoms with E-state index in [0.29, 0.717) is 12.1 Å². The summed E-state index contributed by atoms with van der Waals surface area (Å²) in [5, 5.41) is 15.4. The van der Waals surface area contributed by atoms with Crippen LogP contribution in [-0.4, -0.2) is 53.3 Å². The molecule has 3 atom stereocenters. The number of aromatic nitrogens is 1. The van der Waals surface area contributed by atoms with E-state index in [4.69, 9.17) is 4.74 Å². The van der Waals surface area contributed by atoms with Gasteiger partial charge in [-0.05, 0) is 36.2 Å². The molecule has 2 heterocycles. The molecule has 3 rings (SSSR count). The second-order valence-corrected chi connectivity index (χ2v) is 6.81. The number of hydrogen-bond donors (Lipinski definition) is 3. The van der Waals surface area contributed by atoms with Crippen LogP contribution in [0.4, 0.5) is 0 Å². The molecule has 29 heavy (non-hydrogen) atoms. The Morgan fingerprint density at radius 3 is 2.55 bits per heavy atom. The summed E-state index contributed by atoms with van der Waals surface area (Å²) in [7, 11) is 0. The van der Waals surface area contributed by atoms with Crippen LogP contribution in [0, 0.1) is 0 Å². The number of aliphatic hydroxyl groups excluding tert-OH is 1. The summed E-state index contributed by atoms with van der Waals surface area (Å²) in [5.41, 5.74) is 1.64. The zero-order valence-electron chi connectivity index (χ0n) is 16.0. The lowest BCUT2D eigenvalue weighted by molar-refractivity contribution is -0.125. The average Bonchev–Trinajstić information content (AvgIpc) is 2.76. The standard InChI is InChI=1S/C22H25N3O4/c26-15-20-19(25-22(28)17-4-2-1-3-5-17)7-6-18(29-20)14-21(27)24-13-10-16-8-11-23-12-9-16/h1-9,11-12,18-20,26H,10,13-15H2,(H,24,27)(H,25,28)/t18-,19+,20+/m1/s1. The van der Waals surface area contributed by atoms with Crippen molar-refractivity contribution in [2.24, 2.45) is 0 Å². The van der Waals surface area contributed by atoms with Gasteiger partial charge in [0.1, 0.15) is 6.10 Å². The van der Waals surface area contributed by atoms with Crippen molar-refractivity contribution in [1.29, 1.82) is 0 Å². The molecule has 152 valence electrons. The highest BCUT2D eigenvalue weighted by Crippen LogP contribution is 2.16. The van der Waals surface area contributed by atoms with E-state index < -0.39 is 18.2 Å². The molecule has 3 N–H and O–H groups in total. The molecule has 1 aromatic carbocycles. The highest BCUT2D eigenvalue weighted by Gasteiger charge is 2.29. The number of amides is 2. The van der Waals surface area contributed by atoms with Crippen LogP contribution in [0.5, 0.6) is 0 Å². The molecule has 1 aromatic heterocycles. The van der Waals surface area contributed by atoms with Crippen LogP contribution in [0.15, 0.2) is 67.0 Å². The van der Waals surface area contributed by atoms with Crippen LogP contribution in [0.25, 0.3) is 0 Å². The van der Waals surface area contributed by atoms with E-state index in [1.165, 1.54) is 0 Å². The lowest BCUT2D eigenvalue weighted by atomic mass is 10.0. The molecule has 1 aliphatic heterocycles. The maximum absolute atomic E-state index is 12.3. The van der Waals surface area contributed by atoms with Crippen molar-refractivity contribution in [3.05, 3.63) is 78.1 Å². The lowest BCUT2D eigenvalue weighted by Gasteiger charge is -2.31. The molecule has 0 aliphatic carbocycles. The minimum atomic E-state index is -0.609. The van der Waals surface area contributed by atoms with Gasteiger partial charge in [-0.3, -0.25) is 14.6 Å². The fraction of sp³-hybridized carbons (Fsp3) is 0.318. The molecular weight excluding hydrogens is 370 g/mol. The van der Waals surface area contributed by atoms with Crippen molar-refractivity contribution < 1.29 is 19.4 Å². The molecule has 0 saturated heterocycles. The van der Waals surface area contributed by atoms with Crippen LogP contribution in [0.1, 0.15) is 22.3 Å². The van der Waals surface area contributed by atoms with Gasteiger partial charge in [-0.15, -0.1) is 0 Å². The van der Waals surface area contributed by atoms with Crippen molar-refractivity contribution in [1.82, 2.24) is 15.6 Å². The number of carbonyl (C=O) groups excluding carboxylic acids is 2. The predicted octanol–water partition coefficient (Wildman–Crippen LogP) is 1.24. The first-order valence-corrected chi connectivity index (χ1v) is 9.62. The van der Waals surface area contributed by atoms with E-state index in [0.717, 1.165) is 12.0 Å². The first kappa shape index (κ1) is 20.7. The van der Waals surface area contributed by atoms with Crippen LogP contribution in [0.3, 0.4) is 0 Å². The van der Waals surface area contributed by atoms with E-state index in [-0.39, 0.29) is 24.8 Å². The van der Waals surface area contributed by atoms with Gasteiger partial charge in [0.2, 0.25) is 5.91 Å². The quantitative estimate of drug-likeness (QED) is 0.584. The second-order valence-electron chi connectivity index (χ2n) is 6.81. The third-order valence-corrected chi connectivity index (χ3v) is 4.67. The number of benzene rings is 1. The molecule has 0 bridgehead atoms. The normalized spacial score (nSPS) is 20.8. The first-order chi connectivity index (χ1) is 14.2. The smallest absolute Gasteiger partial charge is 0.251 e. The van der Waals surface area contributed by atoms with Gasteiger partial charge < -0.3 is 20.5 Å². The van der Waals surface area contributed by atoms with Gasteiger partial charge in [0.25, 0.3) is 5.91 Å². The Balaban J connectivity index is 1.47. The Morgan fingerprint density at radius 2 is 1.83 bits per heavy atom. The van der Waals surface area contributed by atoms with Crippen molar-refractivity contribution in [2.75, 3.05) is 13.2 Å². The zero-order chi connectivity index (χ0) is 20.5. The fourth-order valence-electron chi connectivity index (χ4n) is 3.11. The number of aliphatic hydroxyl groups is 1. The van der Waals surface area contributed by atoms with Crippen molar-refractivity contribution in [3.8, 4) is 0 Å². The number of rotatable bonds is 8. The summed E-state index contributed by atoms with van der Waals surface area (Å²) in [4.78, 5) is 28.5. The number of hydrogen-bond acceptors (Lipinski definition) is 5. The van der Waals surface area contributed by atoms with Crippen LogP contribution in [0.2, 0.25) is 0 Å². The van der Waals surface area contributed by atoms with E-state index in [1.807, 2.05) is 18.2 Å². The summed E-state index contributed by atoms with van der Waals surface area (Å²) in [5.74, 6) is -0.369. The molecule has 1 aliphatic rings. The van der Waals surface area contributed by atoms with Gasteiger partial charge in [0, 0.05) is 24.5 Å². The minimum absolute atomic E-state index is 0.128. The predicted molar refractivity (Wildman–Crippen MR) is 108 cm³/mol. The summed E-state index contributed by atoms with van der Waals surface area (Å²) in [6, 6.07) is 12.2. The fourth-order valence-corrected chi connectivity index (χ4v) is 3.11. The molecule has 0 radical (unpaired) electrons. The zero-order valence-corrected chi connectivity index (χ0v) is 16.0. The summed E-state index contributed by atoms with van der Waals surface area (Å²) >= 11 is 0. The molecule has 0 unspecified atom stereocenters. The molecule has 0 saturated carbocycles. The largest absolute Gasteiger partial charge is 0.394 e. The number of nitrogens with zero attached hydrogens (tertiary/aromatic N) is 1. The first-order valence-electron chi connectivity index (χ1n) is 9.62.